The van der Waals surface area contributed by atoms with E-state index in [0.29, 0.717) is 32.6 Å². The van der Waals surface area contributed by atoms with Crippen molar-refractivity contribution >= 4 is 43.6 Å². The third-order valence-corrected chi connectivity index (χ3v) is 7.84. The number of fused-ring (bicyclic) bond motifs is 6. The predicted molar refractivity (Wildman–Crippen MR) is 155 cm³/mol. The van der Waals surface area contributed by atoms with Gasteiger partial charge in [-0.25, -0.2) is 0 Å². The van der Waals surface area contributed by atoms with E-state index < -0.39 is 23.5 Å². The number of para-hydroxylation sites is 2. The maximum Gasteiger partial charge on any atom is 0.416 e. The van der Waals surface area contributed by atoms with Gasteiger partial charge in [-0.05, 0) is 48.5 Å². The summed E-state index contributed by atoms with van der Waals surface area (Å²) in [4.78, 5) is 0. The first-order valence-electron chi connectivity index (χ1n) is 13.2. The fourth-order valence-electron chi connectivity index (χ4n) is 5.95. The SMILES string of the molecule is N#Cc1cc(-n2c3ccccc3c3ccc(C(F)(F)F)cc32)cc(-n2c3ccccc3c3ccc(C(F)(F)F)cc32)c1C#N. The van der Waals surface area contributed by atoms with Gasteiger partial charge < -0.3 is 9.13 Å². The lowest BCUT2D eigenvalue weighted by atomic mass is 10.0. The number of rotatable bonds is 2. The highest BCUT2D eigenvalue weighted by Crippen LogP contribution is 2.41. The molecule has 5 aromatic carbocycles. The molecular formula is C34H16F6N4. The third kappa shape index (κ3) is 3.99. The van der Waals surface area contributed by atoms with Crippen molar-refractivity contribution in [2.45, 2.75) is 12.4 Å². The molecule has 10 heteroatoms. The summed E-state index contributed by atoms with van der Waals surface area (Å²) in [7, 11) is 0. The molecule has 0 aliphatic rings. The average Bonchev–Trinajstić information content (AvgIpc) is 3.51. The fourth-order valence-corrected chi connectivity index (χ4v) is 5.95. The highest BCUT2D eigenvalue weighted by Gasteiger charge is 2.33. The van der Waals surface area contributed by atoms with Crippen LogP contribution in [0.3, 0.4) is 0 Å². The monoisotopic (exact) mass is 594 g/mol. The minimum absolute atomic E-state index is 0.0872. The molecule has 0 amide bonds. The van der Waals surface area contributed by atoms with Crippen molar-refractivity contribution in [2.75, 3.05) is 0 Å². The summed E-state index contributed by atoms with van der Waals surface area (Å²) in [6.45, 7) is 0. The molecule has 0 unspecified atom stereocenters. The number of hydrogen-bond acceptors (Lipinski definition) is 2. The molecule has 7 aromatic rings. The quantitative estimate of drug-likeness (QED) is 0.187. The lowest BCUT2D eigenvalue weighted by Crippen LogP contribution is -2.07. The molecule has 44 heavy (non-hydrogen) atoms. The summed E-state index contributed by atoms with van der Waals surface area (Å²) in [6.07, 6.45) is -9.27. The van der Waals surface area contributed by atoms with Crippen molar-refractivity contribution in [1.82, 2.24) is 9.13 Å². The molecule has 0 aliphatic carbocycles. The van der Waals surface area contributed by atoms with Gasteiger partial charge in [0, 0.05) is 27.2 Å². The Hall–Kier alpha value is -5.74. The maximum absolute atomic E-state index is 13.8. The van der Waals surface area contributed by atoms with Crippen LogP contribution in [0.15, 0.2) is 97.1 Å². The van der Waals surface area contributed by atoms with E-state index in [1.54, 1.807) is 53.1 Å². The molecule has 214 valence electrons. The maximum atomic E-state index is 13.8. The van der Waals surface area contributed by atoms with Gasteiger partial charge in [0.05, 0.1) is 50.0 Å². The van der Waals surface area contributed by atoms with Crippen LogP contribution in [0.25, 0.3) is 55.0 Å². The molecule has 2 heterocycles. The number of nitriles is 2. The van der Waals surface area contributed by atoms with Crippen LogP contribution in [0.5, 0.6) is 0 Å². The summed E-state index contributed by atoms with van der Waals surface area (Å²) >= 11 is 0. The van der Waals surface area contributed by atoms with Gasteiger partial charge in [0.1, 0.15) is 12.1 Å². The lowest BCUT2D eigenvalue weighted by Gasteiger charge is -2.16. The smallest absolute Gasteiger partial charge is 0.309 e. The molecule has 0 bridgehead atoms. The van der Waals surface area contributed by atoms with E-state index in [2.05, 4.69) is 0 Å². The molecule has 0 N–H and O–H groups in total. The Labute approximate surface area is 244 Å². The predicted octanol–water partition coefficient (Wildman–Crippen LogP) is 9.66. The van der Waals surface area contributed by atoms with Crippen molar-refractivity contribution < 1.29 is 26.3 Å². The van der Waals surface area contributed by atoms with Gasteiger partial charge in [-0.3, -0.25) is 0 Å². The molecule has 2 aromatic heterocycles. The minimum atomic E-state index is -4.65. The van der Waals surface area contributed by atoms with Gasteiger partial charge in [-0.1, -0.05) is 48.5 Å². The Morgan fingerprint density at radius 1 is 0.500 bits per heavy atom. The summed E-state index contributed by atoms with van der Waals surface area (Å²) in [6, 6.07) is 27.6. The van der Waals surface area contributed by atoms with Crippen molar-refractivity contribution in [2.24, 2.45) is 0 Å². The zero-order chi connectivity index (χ0) is 31.0. The fraction of sp³-hybridized carbons (Fsp3) is 0.0588. The van der Waals surface area contributed by atoms with Gasteiger partial charge in [0.25, 0.3) is 0 Å². The van der Waals surface area contributed by atoms with Crippen LogP contribution in [0.2, 0.25) is 0 Å². The summed E-state index contributed by atoms with van der Waals surface area (Å²) in [5.41, 5.74) is -0.171. The van der Waals surface area contributed by atoms with Gasteiger partial charge in [0.2, 0.25) is 0 Å². The largest absolute Gasteiger partial charge is 0.416 e. The van der Waals surface area contributed by atoms with Crippen molar-refractivity contribution in [1.29, 1.82) is 10.5 Å². The van der Waals surface area contributed by atoms with Gasteiger partial charge in [-0.15, -0.1) is 0 Å². The second-order valence-electron chi connectivity index (χ2n) is 10.3. The second kappa shape index (κ2) is 9.38. The molecule has 7 rings (SSSR count). The Kier molecular flexibility index (Phi) is 5.78. The lowest BCUT2D eigenvalue weighted by molar-refractivity contribution is -0.138. The molecule has 0 radical (unpaired) electrons. The van der Waals surface area contributed by atoms with Crippen LogP contribution >= 0.6 is 0 Å². The van der Waals surface area contributed by atoms with E-state index in [1.807, 2.05) is 12.1 Å². The molecule has 0 aliphatic heterocycles. The van der Waals surface area contributed by atoms with E-state index in [0.717, 1.165) is 24.3 Å². The number of halogens is 6. The van der Waals surface area contributed by atoms with Crippen LogP contribution in [-0.2, 0) is 12.4 Å². The minimum Gasteiger partial charge on any atom is -0.309 e. The number of aromatic nitrogens is 2. The van der Waals surface area contributed by atoms with Crippen LogP contribution in [0.4, 0.5) is 26.3 Å². The highest BCUT2D eigenvalue weighted by molar-refractivity contribution is 6.11. The molecule has 4 nitrogen and oxygen atoms in total. The van der Waals surface area contributed by atoms with E-state index >= 15 is 0 Å². The highest BCUT2D eigenvalue weighted by atomic mass is 19.4. The number of benzene rings is 5. The van der Waals surface area contributed by atoms with E-state index in [1.165, 1.54) is 28.8 Å². The van der Waals surface area contributed by atoms with Crippen molar-refractivity contribution in [3.05, 3.63) is 119 Å². The molecule has 0 saturated carbocycles. The first-order chi connectivity index (χ1) is 21.0. The Balaban J connectivity index is 1.63. The first-order valence-corrected chi connectivity index (χ1v) is 13.2. The van der Waals surface area contributed by atoms with Crippen molar-refractivity contribution in [3.8, 4) is 23.5 Å². The Morgan fingerprint density at radius 3 is 1.48 bits per heavy atom. The number of nitrogens with zero attached hydrogens (tertiary/aromatic N) is 4. The second-order valence-corrected chi connectivity index (χ2v) is 10.3. The topological polar surface area (TPSA) is 57.4 Å². The van der Waals surface area contributed by atoms with Gasteiger partial charge in [-0.2, -0.15) is 36.9 Å². The molecule has 0 saturated heterocycles. The summed E-state index contributed by atoms with van der Waals surface area (Å²) in [5, 5.41) is 22.7. The first kappa shape index (κ1) is 27.1. The number of hydrogen-bond donors (Lipinski definition) is 0. The molecule has 0 fully saturated rings. The summed E-state index contributed by atoms with van der Waals surface area (Å²) in [5.74, 6) is 0. The normalized spacial score (nSPS) is 12.3. The van der Waals surface area contributed by atoms with E-state index in [4.69, 9.17) is 0 Å². The van der Waals surface area contributed by atoms with Crippen LogP contribution in [-0.4, -0.2) is 9.13 Å². The van der Waals surface area contributed by atoms with Crippen LogP contribution in [0.1, 0.15) is 22.3 Å². The van der Waals surface area contributed by atoms with E-state index in [9.17, 15) is 36.9 Å². The van der Waals surface area contributed by atoms with E-state index in [-0.39, 0.29) is 33.5 Å². The number of alkyl halides is 6. The Bertz CT molecular complexity index is 2390. The van der Waals surface area contributed by atoms with Gasteiger partial charge in [0.15, 0.2) is 0 Å². The van der Waals surface area contributed by atoms with Crippen molar-refractivity contribution in [3.63, 3.8) is 0 Å². The zero-order valence-electron chi connectivity index (χ0n) is 22.3. The molecule has 0 atom stereocenters. The van der Waals surface area contributed by atoms with Gasteiger partial charge >= 0.3 is 12.4 Å². The van der Waals surface area contributed by atoms with Crippen LogP contribution < -0.4 is 0 Å². The van der Waals surface area contributed by atoms with Crippen LogP contribution in [0, 0.1) is 22.7 Å². The standard InChI is InChI=1S/C34H16F6N4/c35-33(36,37)20-9-11-25-23-5-1-3-7-28(23)43(30(25)14-20)22-13-19(17-41)27(18-42)32(16-22)44-29-8-4-2-6-24(29)26-12-10-21(15-31(26)44)34(38,39)40/h1-16H. The average molecular weight is 595 g/mol. The Morgan fingerprint density at radius 2 is 0.977 bits per heavy atom. The zero-order valence-corrected chi connectivity index (χ0v) is 22.3. The molecule has 0 spiro atoms. The summed E-state index contributed by atoms with van der Waals surface area (Å²) < 4.78 is 86.0. The third-order valence-electron chi connectivity index (χ3n) is 7.84. The molecular weight excluding hydrogens is 578 g/mol.